The molecule has 0 amide bonds. The van der Waals surface area contributed by atoms with Crippen molar-refractivity contribution < 1.29 is 8.42 Å². The van der Waals surface area contributed by atoms with Gasteiger partial charge in [0.05, 0.1) is 11.9 Å². The zero-order valence-electron chi connectivity index (χ0n) is 13.4. The summed E-state index contributed by atoms with van der Waals surface area (Å²) in [7, 11) is 0.382. The Morgan fingerprint density at radius 1 is 1.17 bits per heavy atom. The van der Waals surface area contributed by atoms with Crippen molar-refractivity contribution in [2.45, 2.75) is 6.54 Å². The van der Waals surface area contributed by atoms with Crippen molar-refractivity contribution in [2.75, 3.05) is 13.3 Å². The van der Waals surface area contributed by atoms with Crippen LogP contribution in [0.15, 0.2) is 48.8 Å². The third-order valence-corrected chi connectivity index (χ3v) is 5.28. The van der Waals surface area contributed by atoms with Crippen molar-refractivity contribution in [1.29, 1.82) is 0 Å². The fourth-order valence-corrected chi connectivity index (χ4v) is 3.04. The molecule has 0 fully saturated rings. The smallest absolute Gasteiger partial charge is 0.211 e. The molecule has 0 spiro atoms. The first kappa shape index (κ1) is 15.7. The van der Waals surface area contributed by atoms with Gasteiger partial charge < -0.3 is 4.57 Å². The largest absolute Gasteiger partial charge is 0.344 e. The lowest BCUT2D eigenvalue weighted by Crippen LogP contribution is -2.24. The Balaban J connectivity index is 2.00. The highest BCUT2D eigenvalue weighted by atomic mass is 32.2. The summed E-state index contributed by atoms with van der Waals surface area (Å²) in [6.07, 6.45) is 4.71. The van der Waals surface area contributed by atoms with Gasteiger partial charge in [-0.05, 0) is 23.8 Å². The summed E-state index contributed by atoms with van der Waals surface area (Å²) in [6, 6.07) is 12.3. The van der Waals surface area contributed by atoms with Gasteiger partial charge in [0.15, 0.2) is 0 Å². The van der Waals surface area contributed by atoms with E-state index in [-0.39, 0.29) is 0 Å². The van der Waals surface area contributed by atoms with Crippen LogP contribution in [0.5, 0.6) is 0 Å². The van der Waals surface area contributed by atoms with Crippen molar-refractivity contribution in [1.82, 2.24) is 13.9 Å². The van der Waals surface area contributed by atoms with Gasteiger partial charge in [-0.3, -0.25) is 4.98 Å². The van der Waals surface area contributed by atoms with Crippen LogP contribution in [0.2, 0.25) is 0 Å². The van der Waals surface area contributed by atoms with E-state index in [0.29, 0.717) is 6.54 Å². The molecule has 23 heavy (non-hydrogen) atoms. The lowest BCUT2D eigenvalue weighted by Gasteiger charge is -2.14. The number of hydrogen-bond acceptors (Lipinski definition) is 3. The van der Waals surface area contributed by atoms with Gasteiger partial charge in [-0.1, -0.05) is 18.2 Å². The van der Waals surface area contributed by atoms with Crippen LogP contribution in [-0.4, -0.2) is 35.6 Å². The number of rotatable bonds is 4. The summed E-state index contributed by atoms with van der Waals surface area (Å²) in [5.41, 5.74) is 4.05. The van der Waals surface area contributed by atoms with Gasteiger partial charge in [0, 0.05) is 49.5 Å². The first-order chi connectivity index (χ1) is 10.9. The highest BCUT2D eigenvalue weighted by Gasteiger charge is 2.13. The van der Waals surface area contributed by atoms with Gasteiger partial charge in [0.2, 0.25) is 10.0 Å². The van der Waals surface area contributed by atoms with E-state index in [1.54, 1.807) is 19.4 Å². The zero-order valence-corrected chi connectivity index (χ0v) is 14.2. The summed E-state index contributed by atoms with van der Waals surface area (Å²) in [4.78, 5) is 4.27. The van der Waals surface area contributed by atoms with Crippen molar-refractivity contribution in [3.8, 4) is 11.3 Å². The molecule has 0 saturated carbocycles. The second-order valence-corrected chi connectivity index (χ2v) is 7.84. The van der Waals surface area contributed by atoms with Crippen molar-refractivity contribution in [3.63, 3.8) is 0 Å². The maximum Gasteiger partial charge on any atom is 0.211 e. The number of aryl methyl sites for hydroxylation is 1. The van der Waals surface area contributed by atoms with Crippen LogP contribution in [0.25, 0.3) is 22.2 Å². The fraction of sp³-hybridized carbons (Fsp3) is 0.235. The van der Waals surface area contributed by atoms with Crippen LogP contribution in [0.4, 0.5) is 0 Å². The minimum atomic E-state index is -3.21. The molecule has 0 saturated heterocycles. The SMILES string of the molecule is CN(Cc1cncc(-c2cc3ccccc3n2C)c1)S(C)(=O)=O. The van der Waals surface area contributed by atoms with E-state index in [1.165, 1.54) is 15.9 Å². The van der Waals surface area contributed by atoms with Gasteiger partial charge >= 0.3 is 0 Å². The molecule has 0 atom stereocenters. The molecule has 3 aromatic rings. The molecule has 2 heterocycles. The van der Waals surface area contributed by atoms with E-state index in [1.807, 2.05) is 25.2 Å². The topological polar surface area (TPSA) is 55.2 Å². The lowest BCUT2D eigenvalue weighted by atomic mass is 10.1. The Labute approximate surface area is 136 Å². The van der Waals surface area contributed by atoms with Crippen LogP contribution in [-0.2, 0) is 23.6 Å². The molecule has 0 aliphatic rings. The summed E-state index contributed by atoms with van der Waals surface area (Å²) in [5, 5.41) is 1.17. The number of pyridine rings is 1. The van der Waals surface area contributed by atoms with Crippen LogP contribution in [0.3, 0.4) is 0 Å². The van der Waals surface area contributed by atoms with Gasteiger partial charge in [0.25, 0.3) is 0 Å². The number of fused-ring (bicyclic) bond motifs is 1. The van der Waals surface area contributed by atoms with Gasteiger partial charge in [0.1, 0.15) is 0 Å². The van der Waals surface area contributed by atoms with Crippen LogP contribution in [0.1, 0.15) is 5.56 Å². The second-order valence-electron chi connectivity index (χ2n) is 5.75. The summed E-state index contributed by atoms with van der Waals surface area (Å²) < 4.78 is 26.6. The molecule has 0 aliphatic heterocycles. The van der Waals surface area contributed by atoms with E-state index < -0.39 is 10.0 Å². The molecule has 5 nitrogen and oxygen atoms in total. The Bertz CT molecular complexity index is 961. The van der Waals surface area contributed by atoms with E-state index in [4.69, 9.17) is 0 Å². The van der Waals surface area contributed by atoms with E-state index in [2.05, 4.69) is 27.8 Å². The molecule has 0 radical (unpaired) electrons. The Morgan fingerprint density at radius 2 is 1.91 bits per heavy atom. The van der Waals surface area contributed by atoms with Gasteiger partial charge in [-0.15, -0.1) is 0 Å². The molecule has 1 aromatic carbocycles. The number of para-hydroxylation sites is 1. The average molecular weight is 329 g/mol. The monoisotopic (exact) mass is 329 g/mol. The van der Waals surface area contributed by atoms with Crippen molar-refractivity contribution in [3.05, 3.63) is 54.4 Å². The highest BCUT2D eigenvalue weighted by molar-refractivity contribution is 7.88. The lowest BCUT2D eigenvalue weighted by molar-refractivity contribution is 0.471. The number of hydrogen-bond donors (Lipinski definition) is 0. The summed E-state index contributed by atoms with van der Waals surface area (Å²) in [6.45, 7) is 0.309. The summed E-state index contributed by atoms with van der Waals surface area (Å²) >= 11 is 0. The summed E-state index contributed by atoms with van der Waals surface area (Å²) in [5.74, 6) is 0. The molecule has 2 aromatic heterocycles. The molecule has 0 bridgehead atoms. The maximum absolute atomic E-state index is 11.6. The first-order valence-corrected chi connectivity index (χ1v) is 9.11. The molecule has 6 heteroatoms. The molecule has 0 aliphatic carbocycles. The first-order valence-electron chi connectivity index (χ1n) is 7.26. The molecule has 120 valence electrons. The minimum Gasteiger partial charge on any atom is -0.344 e. The Hall–Kier alpha value is -2.18. The second kappa shape index (κ2) is 5.79. The molecular weight excluding hydrogens is 310 g/mol. The molecule has 3 rings (SSSR count). The van der Waals surface area contributed by atoms with Gasteiger partial charge in [-0.2, -0.15) is 0 Å². The third-order valence-electron chi connectivity index (χ3n) is 4.01. The Kier molecular flexibility index (Phi) is 3.95. The van der Waals surface area contributed by atoms with E-state index in [9.17, 15) is 8.42 Å². The normalized spacial score (nSPS) is 12.2. The molecular formula is C17H19N3O2S. The van der Waals surface area contributed by atoms with Crippen LogP contribution >= 0.6 is 0 Å². The van der Waals surface area contributed by atoms with Crippen LogP contribution in [0, 0.1) is 0 Å². The standard InChI is InChI=1S/C17H19N3O2S/c1-19(23(3,21)22)12-13-8-15(11-18-10-13)17-9-14-6-4-5-7-16(14)20(17)2/h4-11H,12H2,1-3H3. The Morgan fingerprint density at radius 3 is 2.61 bits per heavy atom. The van der Waals surface area contributed by atoms with E-state index >= 15 is 0 Å². The highest BCUT2D eigenvalue weighted by Crippen LogP contribution is 2.27. The minimum absolute atomic E-state index is 0.309. The molecule has 0 unspecified atom stereocenters. The molecule has 0 N–H and O–H groups in total. The van der Waals surface area contributed by atoms with Gasteiger partial charge in [-0.25, -0.2) is 12.7 Å². The number of sulfonamides is 1. The number of nitrogens with zero attached hydrogens (tertiary/aromatic N) is 3. The van der Waals surface area contributed by atoms with Crippen LogP contribution < -0.4 is 0 Å². The number of benzene rings is 1. The van der Waals surface area contributed by atoms with Crippen molar-refractivity contribution >= 4 is 20.9 Å². The predicted molar refractivity (Wildman–Crippen MR) is 92.5 cm³/mol. The number of aromatic nitrogens is 2. The zero-order chi connectivity index (χ0) is 16.6. The quantitative estimate of drug-likeness (QED) is 0.739. The average Bonchev–Trinajstić information content (AvgIpc) is 2.84. The maximum atomic E-state index is 11.6. The predicted octanol–water partition coefficient (Wildman–Crippen LogP) is 2.63. The van der Waals surface area contributed by atoms with Crippen molar-refractivity contribution in [2.24, 2.45) is 7.05 Å². The fourth-order valence-electron chi connectivity index (χ4n) is 2.65. The third kappa shape index (κ3) is 3.13. The van der Waals surface area contributed by atoms with E-state index in [0.717, 1.165) is 22.3 Å².